The molecule has 1 aliphatic rings. The molecule has 3 rings (SSSR count). The second-order valence-electron chi connectivity index (χ2n) is 5.31. The van der Waals surface area contributed by atoms with Crippen LogP contribution >= 0.6 is 0 Å². The second-order valence-corrected chi connectivity index (χ2v) is 5.31. The summed E-state index contributed by atoms with van der Waals surface area (Å²) >= 11 is 0. The minimum absolute atomic E-state index is 0.0255. The van der Waals surface area contributed by atoms with Crippen LogP contribution in [0.1, 0.15) is 24.6 Å². The van der Waals surface area contributed by atoms with E-state index in [1.54, 1.807) is 4.57 Å². The van der Waals surface area contributed by atoms with Crippen LogP contribution in [0.25, 0.3) is 16.7 Å². The normalized spacial score (nSPS) is 14.8. The molecule has 0 fully saturated rings. The highest BCUT2D eigenvalue weighted by Gasteiger charge is 2.19. The van der Waals surface area contributed by atoms with E-state index in [1.165, 1.54) is 0 Å². The minimum Gasteiger partial charge on any atom is -0.374 e. The molecule has 110 valence electrons. The number of rotatable bonds is 2. The Hall–Kier alpha value is -2.37. The predicted octanol–water partition coefficient (Wildman–Crippen LogP) is 1.38. The third kappa shape index (κ3) is 2.07. The maximum atomic E-state index is 12.8. The van der Waals surface area contributed by atoms with E-state index in [9.17, 15) is 4.79 Å². The van der Waals surface area contributed by atoms with Crippen molar-refractivity contribution >= 4 is 22.7 Å². The number of nitrogen functional groups attached to an aromatic ring is 1. The third-order valence-electron chi connectivity index (χ3n) is 3.96. The van der Waals surface area contributed by atoms with E-state index in [2.05, 4.69) is 20.9 Å². The van der Waals surface area contributed by atoms with Crippen LogP contribution in [-0.2, 0) is 6.54 Å². The van der Waals surface area contributed by atoms with E-state index in [0.29, 0.717) is 17.8 Å². The Morgan fingerprint density at radius 3 is 2.76 bits per heavy atom. The van der Waals surface area contributed by atoms with Crippen molar-refractivity contribution in [1.29, 1.82) is 0 Å². The molecule has 6 heteroatoms. The Balaban J connectivity index is 2.38. The van der Waals surface area contributed by atoms with Gasteiger partial charge < -0.3 is 10.6 Å². The van der Waals surface area contributed by atoms with Crippen LogP contribution in [-0.4, -0.2) is 33.0 Å². The SMILES string of the molecule is CCn1c(=O)c(C2=CCCN2C)cc2c(C)nc(N)nc21. The lowest BCUT2D eigenvalue weighted by Gasteiger charge is -2.18. The summed E-state index contributed by atoms with van der Waals surface area (Å²) in [5, 5.41) is 0.877. The Kier molecular flexibility index (Phi) is 3.16. The van der Waals surface area contributed by atoms with Gasteiger partial charge in [-0.15, -0.1) is 0 Å². The molecule has 6 nitrogen and oxygen atoms in total. The fraction of sp³-hybridized carbons (Fsp3) is 0.400. The molecule has 0 atom stereocenters. The zero-order valence-corrected chi connectivity index (χ0v) is 12.6. The summed E-state index contributed by atoms with van der Waals surface area (Å²) in [7, 11) is 2.01. The average Bonchev–Trinajstić information content (AvgIpc) is 2.84. The monoisotopic (exact) mass is 285 g/mol. The zero-order chi connectivity index (χ0) is 15.1. The second kappa shape index (κ2) is 4.87. The first kappa shape index (κ1) is 13.6. The number of aryl methyl sites for hydroxylation is 2. The first-order chi connectivity index (χ1) is 10.0. The van der Waals surface area contributed by atoms with Gasteiger partial charge in [-0.2, -0.15) is 4.98 Å². The number of nitrogens with two attached hydrogens (primary N) is 1. The molecule has 2 aromatic rings. The molecule has 3 heterocycles. The Morgan fingerprint density at radius 2 is 2.14 bits per heavy atom. The number of hydrogen-bond acceptors (Lipinski definition) is 5. The largest absolute Gasteiger partial charge is 0.374 e. The maximum Gasteiger partial charge on any atom is 0.261 e. The van der Waals surface area contributed by atoms with Crippen LogP contribution in [0.5, 0.6) is 0 Å². The van der Waals surface area contributed by atoms with Crippen LogP contribution in [0.15, 0.2) is 16.9 Å². The van der Waals surface area contributed by atoms with Crippen LogP contribution in [0.3, 0.4) is 0 Å². The Morgan fingerprint density at radius 1 is 1.38 bits per heavy atom. The molecular weight excluding hydrogens is 266 g/mol. The highest BCUT2D eigenvalue weighted by atomic mass is 16.1. The number of anilines is 1. The van der Waals surface area contributed by atoms with Crippen molar-refractivity contribution in [3.8, 4) is 0 Å². The fourth-order valence-corrected chi connectivity index (χ4v) is 2.87. The summed E-state index contributed by atoms with van der Waals surface area (Å²) in [5.41, 5.74) is 8.80. The summed E-state index contributed by atoms with van der Waals surface area (Å²) in [4.78, 5) is 23.3. The molecule has 0 bridgehead atoms. The van der Waals surface area contributed by atoms with Gasteiger partial charge in [0.15, 0.2) is 0 Å². The van der Waals surface area contributed by atoms with Crippen molar-refractivity contribution < 1.29 is 0 Å². The number of hydrogen-bond donors (Lipinski definition) is 1. The Bertz CT molecular complexity index is 806. The fourth-order valence-electron chi connectivity index (χ4n) is 2.87. The molecule has 2 N–H and O–H groups in total. The van der Waals surface area contributed by atoms with Gasteiger partial charge in [0.25, 0.3) is 5.56 Å². The van der Waals surface area contributed by atoms with E-state index in [-0.39, 0.29) is 11.5 Å². The van der Waals surface area contributed by atoms with E-state index in [4.69, 9.17) is 5.73 Å². The summed E-state index contributed by atoms with van der Waals surface area (Å²) < 4.78 is 1.67. The first-order valence-corrected chi connectivity index (χ1v) is 7.12. The van der Waals surface area contributed by atoms with Gasteiger partial charge in [0.05, 0.1) is 11.3 Å². The quantitative estimate of drug-likeness (QED) is 0.902. The number of aromatic nitrogens is 3. The molecule has 0 saturated carbocycles. The van der Waals surface area contributed by atoms with Gasteiger partial charge in [0.2, 0.25) is 5.95 Å². The predicted molar refractivity (Wildman–Crippen MR) is 83.8 cm³/mol. The maximum absolute atomic E-state index is 12.8. The average molecular weight is 285 g/mol. The van der Waals surface area contributed by atoms with Gasteiger partial charge in [0, 0.05) is 31.2 Å². The number of nitrogens with zero attached hydrogens (tertiary/aromatic N) is 4. The van der Waals surface area contributed by atoms with Crippen LogP contribution in [0, 0.1) is 6.92 Å². The first-order valence-electron chi connectivity index (χ1n) is 7.12. The molecule has 21 heavy (non-hydrogen) atoms. The summed E-state index contributed by atoms with van der Waals surface area (Å²) in [6, 6.07) is 1.90. The highest BCUT2D eigenvalue weighted by Crippen LogP contribution is 2.25. The molecule has 0 saturated heterocycles. The van der Waals surface area contributed by atoms with Crippen LogP contribution < -0.4 is 11.3 Å². The van der Waals surface area contributed by atoms with Crippen molar-refractivity contribution in [2.45, 2.75) is 26.8 Å². The standard InChI is InChI=1S/C15H19N5O/c1-4-20-13-10(9(2)17-15(16)18-13)8-11(14(20)21)12-6-5-7-19(12)3/h6,8H,4-5,7H2,1-3H3,(H2,16,17,18). The Labute approximate surface area is 122 Å². The van der Waals surface area contributed by atoms with E-state index >= 15 is 0 Å². The molecule has 0 amide bonds. The van der Waals surface area contributed by atoms with E-state index < -0.39 is 0 Å². The van der Waals surface area contributed by atoms with Crippen molar-refractivity contribution in [3.63, 3.8) is 0 Å². The van der Waals surface area contributed by atoms with Crippen molar-refractivity contribution in [1.82, 2.24) is 19.4 Å². The molecular formula is C15H19N5O. The molecule has 0 unspecified atom stereocenters. The van der Waals surface area contributed by atoms with E-state index in [0.717, 1.165) is 29.7 Å². The van der Waals surface area contributed by atoms with Gasteiger partial charge in [-0.25, -0.2) is 4.98 Å². The lowest BCUT2D eigenvalue weighted by atomic mass is 10.1. The van der Waals surface area contributed by atoms with Crippen LogP contribution in [0.2, 0.25) is 0 Å². The molecule has 1 aliphatic heterocycles. The smallest absolute Gasteiger partial charge is 0.261 e. The van der Waals surface area contributed by atoms with Gasteiger partial charge >= 0.3 is 0 Å². The van der Waals surface area contributed by atoms with Gasteiger partial charge in [-0.3, -0.25) is 9.36 Å². The topological polar surface area (TPSA) is 77.0 Å². The zero-order valence-electron chi connectivity index (χ0n) is 12.6. The van der Waals surface area contributed by atoms with Gasteiger partial charge in [-0.1, -0.05) is 6.08 Å². The van der Waals surface area contributed by atoms with Crippen molar-refractivity contribution in [3.05, 3.63) is 33.8 Å². The molecule has 2 aromatic heterocycles. The van der Waals surface area contributed by atoms with Crippen molar-refractivity contribution in [2.75, 3.05) is 19.3 Å². The summed E-state index contributed by atoms with van der Waals surface area (Å²) in [5.74, 6) is 0.201. The van der Waals surface area contributed by atoms with Crippen molar-refractivity contribution in [2.24, 2.45) is 0 Å². The molecule has 0 aromatic carbocycles. The molecule has 0 radical (unpaired) electrons. The summed E-state index contributed by atoms with van der Waals surface area (Å²) in [6.07, 6.45) is 3.07. The minimum atomic E-state index is -0.0255. The van der Waals surface area contributed by atoms with Gasteiger partial charge in [0.1, 0.15) is 5.65 Å². The van der Waals surface area contributed by atoms with Crippen LogP contribution in [0.4, 0.5) is 5.95 Å². The molecule has 0 aliphatic carbocycles. The number of pyridine rings is 1. The summed E-state index contributed by atoms with van der Waals surface area (Å²) in [6.45, 7) is 5.32. The number of fused-ring (bicyclic) bond motifs is 1. The van der Waals surface area contributed by atoms with Gasteiger partial charge in [-0.05, 0) is 26.3 Å². The third-order valence-corrected chi connectivity index (χ3v) is 3.96. The lowest BCUT2D eigenvalue weighted by molar-refractivity contribution is 0.516. The molecule has 0 spiro atoms. The highest BCUT2D eigenvalue weighted by molar-refractivity contribution is 5.83. The van der Waals surface area contributed by atoms with E-state index in [1.807, 2.05) is 27.0 Å². The lowest BCUT2D eigenvalue weighted by Crippen LogP contribution is -2.27.